The normalized spacial score (nSPS) is 13.6. The lowest BCUT2D eigenvalue weighted by molar-refractivity contribution is 0.199. The highest BCUT2D eigenvalue weighted by molar-refractivity contribution is 9.12. The first-order valence-corrected chi connectivity index (χ1v) is 5.14. The highest BCUT2D eigenvalue weighted by Crippen LogP contribution is 2.35. The van der Waals surface area contributed by atoms with Crippen molar-refractivity contribution in [3.63, 3.8) is 0 Å². The summed E-state index contributed by atoms with van der Waals surface area (Å²) < 4.78 is 2.03. The number of thiophene rings is 1. The summed E-state index contributed by atoms with van der Waals surface area (Å²) in [6.07, 6.45) is -0.392. The number of hydrogen-bond donors (Lipinski definition) is 1. The molecule has 1 atom stereocenters. The molecule has 10 heavy (non-hydrogen) atoms. The van der Waals surface area contributed by atoms with Crippen LogP contribution in [0.5, 0.6) is 0 Å². The Balaban J connectivity index is 3.03. The summed E-state index contributed by atoms with van der Waals surface area (Å²) in [5.74, 6) is 0. The molecule has 0 saturated carbocycles. The molecule has 56 valence electrons. The van der Waals surface area contributed by atoms with Crippen LogP contribution in [0.15, 0.2) is 13.6 Å². The van der Waals surface area contributed by atoms with Gasteiger partial charge in [0, 0.05) is 5.56 Å². The van der Waals surface area contributed by atoms with Gasteiger partial charge < -0.3 is 5.11 Å². The summed E-state index contributed by atoms with van der Waals surface area (Å²) in [7, 11) is 0. The molecule has 0 bridgehead atoms. The van der Waals surface area contributed by atoms with Crippen LogP contribution in [0.25, 0.3) is 0 Å². The van der Waals surface area contributed by atoms with Crippen LogP contribution in [0.2, 0.25) is 0 Å². The van der Waals surface area contributed by atoms with Gasteiger partial charge in [-0.1, -0.05) is 0 Å². The molecule has 1 heterocycles. The first-order chi connectivity index (χ1) is 4.61. The number of rotatable bonds is 1. The third-order valence-electron chi connectivity index (χ3n) is 1.13. The van der Waals surface area contributed by atoms with Crippen LogP contribution in [-0.2, 0) is 0 Å². The molecule has 0 aliphatic carbocycles. The second-order valence-corrected chi connectivity index (χ2v) is 5.70. The van der Waals surface area contributed by atoms with Crippen molar-refractivity contribution in [3.8, 4) is 0 Å². The molecule has 0 unspecified atom stereocenters. The van der Waals surface area contributed by atoms with Crippen LogP contribution in [0.3, 0.4) is 0 Å². The van der Waals surface area contributed by atoms with Crippen LogP contribution in [0.4, 0.5) is 0 Å². The lowest BCUT2D eigenvalue weighted by Gasteiger charge is -1.98. The predicted octanol–water partition coefficient (Wildman–Crippen LogP) is 3.33. The van der Waals surface area contributed by atoms with E-state index in [0.29, 0.717) is 0 Å². The number of hydrogen-bond acceptors (Lipinski definition) is 2. The SMILES string of the molecule is C[C@H](O)c1cc(Br)sc1Br. The van der Waals surface area contributed by atoms with Crippen molar-refractivity contribution in [1.82, 2.24) is 0 Å². The van der Waals surface area contributed by atoms with Gasteiger partial charge in [0.15, 0.2) is 0 Å². The van der Waals surface area contributed by atoms with E-state index < -0.39 is 6.10 Å². The first kappa shape index (κ1) is 8.71. The van der Waals surface area contributed by atoms with E-state index in [2.05, 4.69) is 31.9 Å². The van der Waals surface area contributed by atoms with Gasteiger partial charge in [0.2, 0.25) is 0 Å². The van der Waals surface area contributed by atoms with Crippen molar-refractivity contribution >= 4 is 43.2 Å². The van der Waals surface area contributed by atoms with E-state index in [-0.39, 0.29) is 0 Å². The third kappa shape index (κ3) is 1.81. The van der Waals surface area contributed by atoms with Gasteiger partial charge in [-0.3, -0.25) is 0 Å². The fraction of sp³-hybridized carbons (Fsp3) is 0.333. The zero-order valence-electron chi connectivity index (χ0n) is 5.27. The number of halogens is 2. The molecule has 0 saturated heterocycles. The van der Waals surface area contributed by atoms with Crippen molar-refractivity contribution in [3.05, 3.63) is 19.2 Å². The van der Waals surface area contributed by atoms with E-state index in [4.69, 9.17) is 0 Å². The molecule has 0 fully saturated rings. The summed E-state index contributed by atoms with van der Waals surface area (Å²) in [6, 6.07) is 1.92. The Bertz CT molecular complexity index is 232. The molecular formula is C6H6Br2OS. The van der Waals surface area contributed by atoms with Gasteiger partial charge in [0.1, 0.15) is 0 Å². The van der Waals surface area contributed by atoms with E-state index in [9.17, 15) is 5.11 Å². The van der Waals surface area contributed by atoms with Gasteiger partial charge in [-0.05, 0) is 44.8 Å². The number of aliphatic hydroxyl groups excluding tert-OH is 1. The summed E-state index contributed by atoms with van der Waals surface area (Å²) in [5.41, 5.74) is 0.942. The minimum absolute atomic E-state index is 0.392. The Morgan fingerprint density at radius 2 is 2.20 bits per heavy atom. The molecular weight excluding hydrogens is 280 g/mol. The quantitative estimate of drug-likeness (QED) is 0.839. The van der Waals surface area contributed by atoms with Crippen molar-refractivity contribution < 1.29 is 5.11 Å². The van der Waals surface area contributed by atoms with Gasteiger partial charge in [-0.2, -0.15) is 0 Å². The van der Waals surface area contributed by atoms with Gasteiger partial charge in [-0.15, -0.1) is 11.3 Å². The highest BCUT2D eigenvalue weighted by atomic mass is 79.9. The zero-order chi connectivity index (χ0) is 7.72. The lowest BCUT2D eigenvalue weighted by Crippen LogP contribution is -1.86. The predicted molar refractivity (Wildman–Crippen MR) is 50.4 cm³/mol. The minimum Gasteiger partial charge on any atom is -0.389 e. The molecule has 0 spiro atoms. The maximum absolute atomic E-state index is 9.17. The van der Waals surface area contributed by atoms with Crippen molar-refractivity contribution in [1.29, 1.82) is 0 Å². The maximum Gasteiger partial charge on any atom is 0.0781 e. The van der Waals surface area contributed by atoms with Crippen molar-refractivity contribution in [2.45, 2.75) is 13.0 Å². The molecule has 1 rings (SSSR count). The average molecular weight is 286 g/mol. The molecule has 0 amide bonds. The van der Waals surface area contributed by atoms with E-state index in [1.807, 2.05) is 6.07 Å². The fourth-order valence-electron chi connectivity index (χ4n) is 0.638. The standard InChI is InChI=1S/C6H6Br2OS/c1-3(9)4-2-5(7)10-6(4)8/h2-3,9H,1H3/t3-/m0/s1. The van der Waals surface area contributed by atoms with E-state index in [1.165, 1.54) is 0 Å². The van der Waals surface area contributed by atoms with E-state index >= 15 is 0 Å². The monoisotopic (exact) mass is 284 g/mol. The maximum atomic E-state index is 9.17. The number of aliphatic hydroxyl groups is 1. The van der Waals surface area contributed by atoms with Crippen molar-refractivity contribution in [2.75, 3.05) is 0 Å². The summed E-state index contributed by atoms with van der Waals surface area (Å²) >= 11 is 8.25. The van der Waals surface area contributed by atoms with Crippen LogP contribution >= 0.6 is 43.2 Å². The van der Waals surface area contributed by atoms with Crippen LogP contribution in [-0.4, -0.2) is 5.11 Å². The Hall–Kier alpha value is 0.620. The van der Waals surface area contributed by atoms with Gasteiger partial charge in [0.25, 0.3) is 0 Å². The Kier molecular flexibility index (Phi) is 2.91. The second kappa shape index (κ2) is 3.34. The Morgan fingerprint density at radius 1 is 1.60 bits per heavy atom. The first-order valence-electron chi connectivity index (χ1n) is 2.74. The topological polar surface area (TPSA) is 20.2 Å². The molecule has 1 N–H and O–H groups in total. The van der Waals surface area contributed by atoms with Crippen LogP contribution < -0.4 is 0 Å². The van der Waals surface area contributed by atoms with E-state index in [0.717, 1.165) is 13.1 Å². The largest absolute Gasteiger partial charge is 0.389 e. The van der Waals surface area contributed by atoms with Crippen LogP contribution in [0, 0.1) is 0 Å². The molecule has 4 heteroatoms. The van der Waals surface area contributed by atoms with Gasteiger partial charge >= 0.3 is 0 Å². The van der Waals surface area contributed by atoms with Crippen molar-refractivity contribution in [2.24, 2.45) is 0 Å². The average Bonchev–Trinajstić information content (AvgIpc) is 2.10. The van der Waals surface area contributed by atoms with Gasteiger partial charge in [0.05, 0.1) is 13.7 Å². The minimum atomic E-state index is -0.392. The smallest absolute Gasteiger partial charge is 0.0781 e. The molecule has 0 radical (unpaired) electrons. The van der Waals surface area contributed by atoms with Crippen LogP contribution in [0.1, 0.15) is 18.6 Å². The molecule has 1 nitrogen and oxygen atoms in total. The molecule has 1 aromatic heterocycles. The lowest BCUT2D eigenvalue weighted by atomic mass is 10.2. The molecule has 0 aliphatic heterocycles. The highest BCUT2D eigenvalue weighted by Gasteiger charge is 2.08. The summed E-state index contributed by atoms with van der Waals surface area (Å²) in [5, 5.41) is 9.17. The molecule has 0 aliphatic rings. The molecule has 0 aromatic carbocycles. The summed E-state index contributed by atoms with van der Waals surface area (Å²) in [6.45, 7) is 1.75. The summed E-state index contributed by atoms with van der Waals surface area (Å²) in [4.78, 5) is 0. The third-order valence-corrected chi connectivity index (χ3v) is 3.52. The van der Waals surface area contributed by atoms with E-state index in [1.54, 1.807) is 18.3 Å². The Labute approximate surface area is 80.3 Å². The molecule has 1 aromatic rings. The zero-order valence-corrected chi connectivity index (χ0v) is 9.25. The fourth-order valence-corrected chi connectivity index (χ4v) is 3.70. The Morgan fingerprint density at radius 3 is 2.40 bits per heavy atom. The second-order valence-electron chi connectivity index (χ2n) is 1.96. The van der Waals surface area contributed by atoms with Gasteiger partial charge in [-0.25, -0.2) is 0 Å².